The summed E-state index contributed by atoms with van der Waals surface area (Å²) in [5.74, 6) is -2.97. The minimum atomic E-state index is -1.13. The molecule has 1 aromatic carbocycles. The van der Waals surface area contributed by atoms with Crippen LogP contribution in [0.1, 0.15) is 33.3 Å². The maximum absolute atomic E-state index is 12.4. The number of alkyl carbamates (subject to hydrolysis) is 1. The third kappa shape index (κ3) is 8.70. The molecule has 1 aromatic rings. The standard InChI is InChI=1S/C18H25N3O6/c1-5-26-16(24)15(23)21-20-14(22)13(11-12-9-7-6-8-10-12)19-17(25)27-18(2,3)4/h6-10,13H,5,11H2,1-4H3,(H,19,25)(H,20,22)(H,21,23)/t13-/m0/s1. The number of hydrogen-bond acceptors (Lipinski definition) is 6. The Kier molecular flexibility index (Phi) is 8.25. The zero-order valence-corrected chi connectivity index (χ0v) is 15.8. The Hall–Kier alpha value is -3.10. The molecule has 0 saturated carbocycles. The van der Waals surface area contributed by atoms with E-state index in [1.165, 1.54) is 0 Å². The van der Waals surface area contributed by atoms with Gasteiger partial charge in [0, 0.05) is 6.42 Å². The van der Waals surface area contributed by atoms with Crippen LogP contribution in [0.4, 0.5) is 4.79 Å². The van der Waals surface area contributed by atoms with Gasteiger partial charge in [0.1, 0.15) is 11.6 Å². The molecule has 1 rings (SSSR count). The van der Waals surface area contributed by atoms with Gasteiger partial charge in [0.05, 0.1) is 6.61 Å². The highest BCUT2D eigenvalue weighted by molar-refractivity contribution is 6.32. The lowest BCUT2D eigenvalue weighted by molar-refractivity contribution is -0.155. The summed E-state index contributed by atoms with van der Waals surface area (Å²) < 4.78 is 9.68. The molecule has 1 atom stereocenters. The number of hydrazine groups is 1. The molecule has 0 fully saturated rings. The van der Waals surface area contributed by atoms with E-state index < -0.39 is 35.5 Å². The van der Waals surface area contributed by atoms with Crippen LogP contribution < -0.4 is 16.2 Å². The van der Waals surface area contributed by atoms with Gasteiger partial charge in [-0.2, -0.15) is 0 Å². The lowest BCUT2D eigenvalue weighted by Gasteiger charge is -2.23. The minimum absolute atomic E-state index is 0.0248. The van der Waals surface area contributed by atoms with Gasteiger partial charge in [0.15, 0.2) is 0 Å². The van der Waals surface area contributed by atoms with Crippen LogP contribution >= 0.6 is 0 Å². The van der Waals surface area contributed by atoms with Crippen molar-refractivity contribution >= 4 is 23.9 Å². The first-order chi connectivity index (χ1) is 12.6. The first-order valence-electron chi connectivity index (χ1n) is 8.42. The van der Waals surface area contributed by atoms with Crippen molar-refractivity contribution in [2.75, 3.05) is 6.61 Å². The van der Waals surface area contributed by atoms with E-state index in [0.717, 1.165) is 5.56 Å². The van der Waals surface area contributed by atoms with Crippen LogP contribution in [0.5, 0.6) is 0 Å². The van der Waals surface area contributed by atoms with Gasteiger partial charge in [0.2, 0.25) is 0 Å². The number of benzene rings is 1. The average molecular weight is 379 g/mol. The molecule has 27 heavy (non-hydrogen) atoms. The van der Waals surface area contributed by atoms with Crippen LogP contribution in [0.2, 0.25) is 0 Å². The van der Waals surface area contributed by atoms with Gasteiger partial charge in [-0.05, 0) is 33.3 Å². The molecule has 0 aliphatic carbocycles. The Bertz CT molecular complexity index is 669. The maximum atomic E-state index is 12.4. The smallest absolute Gasteiger partial charge is 0.408 e. The largest absolute Gasteiger partial charge is 0.459 e. The van der Waals surface area contributed by atoms with E-state index in [0.29, 0.717) is 0 Å². The number of ether oxygens (including phenoxy) is 2. The number of esters is 1. The molecule has 0 saturated heterocycles. The van der Waals surface area contributed by atoms with Gasteiger partial charge < -0.3 is 14.8 Å². The molecule has 0 spiro atoms. The number of carbonyl (C=O) groups excluding carboxylic acids is 4. The SMILES string of the molecule is CCOC(=O)C(=O)NNC(=O)[C@H](Cc1ccccc1)NC(=O)OC(C)(C)C. The van der Waals surface area contributed by atoms with E-state index in [1.807, 2.05) is 11.5 Å². The van der Waals surface area contributed by atoms with Crippen molar-refractivity contribution in [1.29, 1.82) is 0 Å². The lowest BCUT2D eigenvalue weighted by Crippen LogP contribution is -2.54. The Labute approximate surface area is 157 Å². The Morgan fingerprint density at radius 1 is 1.04 bits per heavy atom. The molecule has 0 aromatic heterocycles. The fourth-order valence-electron chi connectivity index (χ4n) is 1.96. The highest BCUT2D eigenvalue weighted by Gasteiger charge is 2.26. The van der Waals surface area contributed by atoms with E-state index in [-0.39, 0.29) is 13.0 Å². The number of rotatable bonds is 5. The van der Waals surface area contributed by atoms with Gasteiger partial charge >= 0.3 is 18.0 Å². The summed E-state index contributed by atoms with van der Waals surface area (Å²) >= 11 is 0. The molecule has 0 radical (unpaired) electrons. The third-order valence-electron chi connectivity index (χ3n) is 3.05. The second-order valence-electron chi connectivity index (χ2n) is 6.55. The second kappa shape index (κ2) is 10.1. The quantitative estimate of drug-likeness (QED) is 0.396. The number of carbonyl (C=O) groups is 4. The lowest BCUT2D eigenvalue weighted by atomic mass is 10.1. The zero-order valence-electron chi connectivity index (χ0n) is 15.8. The maximum Gasteiger partial charge on any atom is 0.408 e. The van der Waals surface area contributed by atoms with Crippen molar-refractivity contribution < 1.29 is 28.7 Å². The van der Waals surface area contributed by atoms with Crippen molar-refractivity contribution in [3.05, 3.63) is 35.9 Å². The van der Waals surface area contributed by atoms with Crippen molar-refractivity contribution in [3.8, 4) is 0 Å². The highest BCUT2D eigenvalue weighted by Crippen LogP contribution is 2.08. The summed E-state index contributed by atoms with van der Waals surface area (Å²) in [4.78, 5) is 47.2. The predicted octanol–water partition coefficient (Wildman–Crippen LogP) is 0.833. The molecule has 9 heteroatoms. The molecule has 0 bridgehead atoms. The topological polar surface area (TPSA) is 123 Å². The molecule has 148 valence electrons. The van der Waals surface area contributed by atoms with Crippen molar-refractivity contribution in [2.24, 2.45) is 0 Å². The van der Waals surface area contributed by atoms with Gasteiger partial charge in [-0.3, -0.25) is 20.4 Å². The fourth-order valence-corrected chi connectivity index (χ4v) is 1.96. The van der Waals surface area contributed by atoms with Crippen molar-refractivity contribution in [1.82, 2.24) is 16.2 Å². The van der Waals surface area contributed by atoms with Crippen LogP contribution in [0.3, 0.4) is 0 Å². The first-order valence-corrected chi connectivity index (χ1v) is 8.42. The monoisotopic (exact) mass is 379 g/mol. The van der Waals surface area contributed by atoms with Gasteiger partial charge in [-0.25, -0.2) is 9.59 Å². The minimum Gasteiger partial charge on any atom is -0.459 e. The molecule has 0 aliphatic rings. The van der Waals surface area contributed by atoms with Gasteiger partial charge in [-0.1, -0.05) is 30.3 Å². The van der Waals surface area contributed by atoms with Crippen LogP contribution in [0.25, 0.3) is 0 Å². The van der Waals surface area contributed by atoms with E-state index in [2.05, 4.69) is 15.5 Å². The molecule has 0 aliphatic heterocycles. The van der Waals surface area contributed by atoms with Crippen LogP contribution in [0, 0.1) is 0 Å². The highest BCUT2D eigenvalue weighted by atomic mass is 16.6. The fraction of sp³-hybridized carbons (Fsp3) is 0.444. The Balaban J connectivity index is 2.77. The van der Waals surface area contributed by atoms with E-state index in [1.54, 1.807) is 52.0 Å². The summed E-state index contributed by atoms with van der Waals surface area (Å²) in [7, 11) is 0. The summed E-state index contributed by atoms with van der Waals surface area (Å²) in [6.45, 7) is 6.65. The van der Waals surface area contributed by atoms with Crippen molar-refractivity contribution in [2.45, 2.75) is 45.8 Å². The normalized spacial score (nSPS) is 11.7. The Morgan fingerprint density at radius 3 is 2.22 bits per heavy atom. The average Bonchev–Trinajstić information content (AvgIpc) is 2.58. The van der Waals surface area contributed by atoms with Gasteiger partial charge in [-0.15, -0.1) is 0 Å². The summed E-state index contributed by atoms with van der Waals surface area (Å²) in [6, 6.07) is 7.94. The molecular weight excluding hydrogens is 354 g/mol. The van der Waals surface area contributed by atoms with E-state index in [4.69, 9.17) is 4.74 Å². The molecule has 3 amide bonds. The zero-order chi connectivity index (χ0) is 20.4. The number of nitrogens with one attached hydrogen (secondary N) is 3. The molecule has 9 nitrogen and oxygen atoms in total. The molecule has 3 N–H and O–H groups in total. The van der Waals surface area contributed by atoms with E-state index in [9.17, 15) is 19.2 Å². The van der Waals surface area contributed by atoms with Crippen LogP contribution in [0.15, 0.2) is 30.3 Å². The van der Waals surface area contributed by atoms with Crippen LogP contribution in [-0.2, 0) is 30.3 Å². The van der Waals surface area contributed by atoms with Gasteiger partial charge in [0.25, 0.3) is 5.91 Å². The third-order valence-corrected chi connectivity index (χ3v) is 3.05. The van der Waals surface area contributed by atoms with Crippen LogP contribution in [-0.4, -0.2) is 42.1 Å². The molecule has 0 heterocycles. The molecular formula is C18H25N3O6. The predicted molar refractivity (Wildman–Crippen MR) is 96.2 cm³/mol. The Morgan fingerprint density at radius 2 is 1.67 bits per heavy atom. The van der Waals surface area contributed by atoms with Crippen molar-refractivity contribution in [3.63, 3.8) is 0 Å². The summed E-state index contributed by atoms with van der Waals surface area (Å²) in [5, 5.41) is 2.46. The second-order valence-corrected chi connectivity index (χ2v) is 6.55. The summed E-state index contributed by atoms with van der Waals surface area (Å²) in [6.07, 6.45) is -0.628. The first kappa shape index (κ1) is 21.9. The number of amides is 3. The molecule has 0 unspecified atom stereocenters. The van der Waals surface area contributed by atoms with E-state index >= 15 is 0 Å². The summed E-state index contributed by atoms with van der Waals surface area (Å²) in [5.41, 5.74) is 4.09. The number of hydrogen-bond donors (Lipinski definition) is 3.